The van der Waals surface area contributed by atoms with Crippen LogP contribution in [0.25, 0.3) is 0 Å². The number of carbonyl (C=O) groups is 1. The van der Waals surface area contributed by atoms with Gasteiger partial charge in [0.2, 0.25) is 0 Å². The Bertz CT molecular complexity index is 264. The van der Waals surface area contributed by atoms with E-state index in [-0.39, 0.29) is 6.04 Å². The summed E-state index contributed by atoms with van der Waals surface area (Å²) in [4.78, 5) is 12.4. The molecule has 0 aromatic carbocycles. The van der Waals surface area contributed by atoms with E-state index >= 15 is 0 Å². The fourth-order valence-corrected chi connectivity index (χ4v) is 1.72. The fraction of sp³-hybridized carbons (Fsp3) is 0.700. The summed E-state index contributed by atoms with van der Waals surface area (Å²) >= 11 is 0. The van der Waals surface area contributed by atoms with Crippen molar-refractivity contribution in [2.75, 3.05) is 33.0 Å². The minimum absolute atomic E-state index is 0.0582. The van der Waals surface area contributed by atoms with E-state index in [4.69, 9.17) is 9.47 Å². The SMILES string of the molecule is O=CC#CC1COCCN1C1COC1. The molecular weight excluding hydrogens is 182 g/mol. The average Bonchev–Trinajstić information content (AvgIpc) is 2.14. The summed E-state index contributed by atoms with van der Waals surface area (Å²) in [5.74, 6) is 5.36. The summed E-state index contributed by atoms with van der Waals surface area (Å²) in [6.45, 7) is 3.78. The van der Waals surface area contributed by atoms with Crippen LogP contribution in [0.4, 0.5) is 0 Å². The lowest BCUT2D eigenvalue weighted by Gasteiger charge is -2.42. The molecule has 0 bridgehead atoms. The molecule has 2 heterocycles. The lowest BCUT2D eigenvalue weighted by molar-refractivity contribution is -0.106. The first kappa shape index (κ1) is 9.66. The summed E-state index contributed by atoms with van der Waals surface area (Å²) in [6, 6.07) is 0.521. The van der Waals surface area contributed by atoms with E-state index in [2.05, 4.69) is 16.7 Å². The first-order valence-electron chi connectivity index (χ1n) is 4.78. The predicted molar refractivity (Wildman–Crippen MR) is 49.8 cm³/mol. The van der Waals surface area contributed by atoms with Crippen LogP contribution < -0.4 is 0 Å². The molecule has 2 aliphatic rings. The molecule has 0 N–H and O–H groups in total. The molecule has 0 saturated carbocycles. The van der Waals surface area contributed by atoms with Crippen molar-refractivity contribution in [1.82, 2.24) is 4.90 Å². The molecule has 1 unspecified atom stereocenters. The Morgan fingerprint density at radius 1 is 1.29 bits per heavy atom. The predicted octanol–water partition coefficient (Wildman–Crippen LogP) is -0.712. The number of morpholine rings is 1. The Morgan fingerprint density at radius 2 is 2.14 bits per heavy atom. The monoisotopic (exact) mass is 195 g/mol. The molecule has 76 valence electrons. The van der Waals surface area contributed by atoms with Gasteiger partial charge in [0.05, 0.1) is 38.5 Å². The van der Waals surface area contributed by atoms with Crippen molar-refractivity contribution in [2.24, 2.45) is 0 Å². The molecular formula is C10H13NO3. The van der Waals surface area contributed by atoms with Crippen LogP contribution in [0.2, 0.25) is 0 Å². The smallest absolute Gasteiger partial charge is 0.192 e. The molecule has 4 nitrogen and oxygen atoms in total. The van der Waals surface area contributed by atoms with Crippen molar-refractivity contribution in [1.29, 1.82) is 0 Å². The number of ether oxygens (including phenoxy) is 2. The maximum atomic E-state index is 10.1. The van der Waals surface area contributed by atoms with Gasteiger partial charge in [0.1, 0.15) is 0 Å². The number of hydrogen-bond acceptors (Lipinski definition) is 4. The van der Waals surface area contributed by atoms with Gasteiger partial charge < -0.3 is 9.47 Å². The van der Waals surface area contributed by atoms with Crippen LogP contribution in [-0.2, 0) is 14.3 Å². The van der Waals surface area contributed by atoms with E-state index in [1.807, 2.05) is 0 Å². The van der Waals surface area contributed by atoms with Crippen molar-refractivity contribution in [3.63, 3.8) is 0 Å². The largest absolute Gasteiger partial charge is 0.378 e. The van der Waals surface area contributed by atoms with Crippen molar-refractivity contribution in [3.8, 4) is 11.8 Å². The van der Waals surface area contributed by atoms with Crippen LogP contribution in [0.1, 0.15) is 0 Å². The van der Waals surface area contributed by atoms with E-state index in [0.717, 1.165) is 26.4 Å². The summed E-state index contributed by atoms with van der Waals surface area (Å²) < 4.78 is 10.5. The van der Waals surface area contributed by atoms with E-state index in [9.17, 15) is 4.79 Å². The molecule has 1 atom stereocenters. The van der Waals surface area contributed by atoms with Crippen LogP contribution in [0.3, 0.4) is 0 Å². The molecule has 0 radical (unpaired) electrons. The molecule has 2 saturated heterocycles. The van der Waals surface area contributed by atoms with Gasteiger partial charge in [-0.25, -0.2) is 0 Å². The molecule has 0 aliphatic carbocycles. The normalized spacial score (nSPS) is 28.7. The van der Waals surface area contributed by atoms with Crippen molar-refractivity contribution < 1.29 is 14.3 Å². The van der Waals surface area contributed by atoms with Crippen LogP contribution >= 0.6 is 0 Å². The highest BCUT2D eigenvalue weighted by Crippen LogP contribution is 2.16. The Kier molecular flexibility index (Phi) is 3.14. The van der Waals surface area contributed by atoms with Gasteiger partial charge in [-0.15, -0.1) is 0 Å². The van der Waals surface area contributed by atoms with E-state index in [1.54, 1.807) is 0 Å². The Labute approximate surface area is 83.2 Å². The quantitative estimate of drug-likeness (QED) is 0.409. The second kappa shape index (κ2) is 4.56. The molecule has 4 heteroatoms. The first-order valence-corrected chi connectivity index (χ1v) is 4.78. The molecule has 14 heavy (non-hydrogen) atoms. The number of nitrogens with zero attached hydrogens (tertiary/aromatic N) is 1. The third-order valence-electron chi connectivity index (χ3n) is 2.57. The Hall–Kier alpha value is -0.890. The van der Waals surface area contributed by atoms with E-state index < -0.39 is 0 Å². The zero-order chi connectivity index (χ0) is 9.80. The van der Waals surface area contributed by atoms with Crippen molar-refractivity contribution >= 4 is 6.29 Å². The second-order valence-electron chi connectivity index (χ2n) is 3.43. The van der Waals surface area contributed by atoms with E-state index in [1.165, 1.54) is 0 Å². The maximum Gasteiger partial charge on any atom is 0.192 e. The minimum Gasteiger partial charge on any atom is -0.378 e. The molecule has 2 aliphatic heterocycles. The highest BCUT2D eigenvalue weighted by molar-refractivity contribution is 5.72. The fourth-order valence-electron chi connectivity index (χ4n) is 1.72. The zero-order valence-corrected chi connectivity index (χ0v) is 7.94. The summed E-state index contributed by atoms with van der Waals surface area (Å²) in [6.07, 6.45) is 0.629. The van der Waals surface area contributed by atoms with Crippen molar-refractivity contribution in [2.45, 2.75) is 12.1 Å². The number of hydrogen-bond donors (Lipinski definition) is 0. The molecule has 0 aromatic rings. The molecule has 0 aromatic heterocycles. The second-order valence-corrected chi connectivity index (χ2v) is 3.43. The molecule has 2 rings (SSSR count). The molecule has 0 spiro atoms. The van der Waals surface area contributed by atoms with Crippen LogP contribution in [-0.4, -0.2) is 56.2 Å². The highest BCUT2D eigenvalue weighted by Gasteiger charge is 2.32. The lowest BCUT2D eigenvalue weighted by atomic mass is 10.1. The average molecular weight is 195 g/mol. The molecule has 0 amide bonds. The lowest BCUT2D eigenvalue weighted by Crippen LogP contribution is -2.57. The van der Waals surface area contributed by atoms with E-state index in [0.29, 0.717) is 18.9 Å². The number of aldehydes is 1. The maximum absolute atomic E-state index is 10.1. The standard InChI is InChI=1S/C10H13NO3/c12-4-1-2-9-6-13-5-3-11(9)10-7-14-8-10/h4,9-10H,3,5-8H2. The van der Waals surface area contributed by atoms with Gasteiger partial charge in [0, 0.05) is 6.54 Å². The third-order valence-corrected chi connectivity index (χ3v) is 2.57. The summed E-state index contributed by atoms with van der Waals surface area (Å²) in [5, 5.41) is 0. The zero-order valence-electron chi connectivity index (χ0n) is 7.94. The number of rotatable bonds is 1. The highest BCUT2D eigenvalue weighted by atomic mass is 16.5. The summed E-state index contributed by atoms with van der Waals surface area (Å²) in [5.41, 5.74) is 0. The van der Waals surface area contributed by atoms with Gasteiger partial charge in [0.25, 0.3) is 0 Å². The van der Waals surface area contributed by atoms with Gasteiger partial charge in [-0.2, -0.15) is 0 Å². The first-order chi connectivity index (χ1) is 6.92. The third kappa shape index (κ3) is 1.95. The van der Waals surface area contributed by atoms with Gasteiger partial charge in [0.15, 0.2) is 6.29 Å². The topological polar surface area (TPSA) is 38.8 Å². The molecule has 2 fully saturated rings. The van der Waals surface area contributed by atoms with Gasteiger partial charge in [-0.1, -0.05) is 5.92 Å². The van der Waals surface area contributed by atoms with Gasteiger partial charge >= 0.3 is 0 Å². The van der Waals surface area contributed by atoms with Gasteiger partial charge in [-0.05, 0) is 5.92 Å². The van der Waals surface area contributed by atoms with Gasteiger partial charge in [-0.3, -0.25) is 9.69 Å². The van der Waals surface area contributed by atoms with Crippen LogP contribution in [0.15, 0.2) is 0 Å². The number of carbonyl (C=O) groups excluding carboxylic acids is 1. The Morgan fingerprint density at radius 3 is 2.79 bits per heavy atom. The van der Waals surface area contributed by atoms with Crippen LogP contribution in [0.5, 0.6) is 0 Å². The van der Waals surface area contributed by atoms with Crippen molar-refractivity contribution in [3.05, 3.63) is 0 Å². The minimum atomic E-state index is 0.0582. The Balaban J connectivity index is 1.98. The van der Waals surface area contributed by atoms with Crippen LogP contribution in [0, 0.1) is 11.8 Å². The summed E-state index contributed by atoms with van der Waals surface area (Å²) in [7, 11) is 0.